The quantitative estimate of drug-likeness (QED) is 0.145. The smallest absolute Gasteiger partial charge is 0.254 e. The van der Waals surface area contributed by atoms with Crippen molar-refractivity contribution in [2.75, 3.05) is 25.4 Å². The number of hydrogen-bond donors (Lipinski definition) is 0. The summed E-state index contributed by atoms with van der Waals surface area (Å²) in [5.74, 6) is 1.02. The molecular weight excluding hydrogens is 568 g/mol. The Hall–Kier alpha value is -4.24. The van der Waals surface area contributed by atoms with Crippen molar-refractivity contribution in [1.82, 2.24) is 29.5 Å². The Morgan fingerprint density at radius 2 is 1.75 bits per heavy atom. The summed E-state index contributed by atoms with van der Waals surface area (Å²) in [6.07, 6.45) is 2.18. The molecule has 3 heterocycles. The lowest BCUT2D eigenvalue weighted by Crippen LogP contribution is -2.55. The number of unbranched alkanes of at least 4 members (excludes halogenated alkanes) is 1. The lowest BCUT2D eigenvalue weighted by molar-refractivity contribution is -0.133. The average Bonchev–Trinajstić information content (AvgIpc) is 3.33. The zero-order valence-electron chi connectivity index (χ0n) is 25.6. The van der Waals surface area contributed by atoms with E-state index in [-0.39, 0.29) is 17.9 Å². The standard InChI is InChI=1S/C35H38N6O2S/c1-24-11-10-13-27(21-24)23-41-30-16-7-6-15-29(30)32-33(41)36-35(38-37-32)44-20-9-8-17-31(42)39-18-19-40(26(3)22-39)34(43)28-14-5-4-12-25(28)2/h4-7,10-16,21,26H,8-9,17-20,22-23H2,1-3H3. The van der Waals surface area contributed by atoms with Gasteiger partial charge in [0.05, 0.1) is 5.52 Å². The van der Waals surface area contributed by atoms with E-state index >= 15 is 0 Å². The number of para-hydroxylation sites is 1. The molecule has 44 heavy (non-hydrogen) atoms. The third kappa shape index (κ3) is 6.33. The predicted molar refractivity (Wildman–Crippen MR) is 176 cm³/mol. The lowest BCUT2D eigenvalue weighted by atomic mass is 10.1. The summed E-state index contributed by atoms with van der Waals surface area (Å²) in [7, 11) is 0. The van der Waals surface area contributed by atoms with Crippen LogP contribution in [0.1, 0.15) is 53.2 Å². The highest BCUT2D eigenvalue weighted by molar-refractivity contribution is 7.99. The molecule has 0 radical (unpaired) electrons. The van der Waals surface area contributed by atoms with Gasteiger partial charge in [0.2, 0.25) is 11.1 Å². The third-order valence-electron chi connectivity index (χ3n) is 8.41. The van der Waals surface area contributed by atoms with Gasteiger partial charge >= 0.3 is 0 Å². The van der Waals surface area contributed by atoms with Crippen LogP contribution in [0.25, 0.3) is 22.1 Å². The maximum absolute atomic E-state index is 13.1. The van der Waals surface area contributed by atoms with Crippen molar-refractivity contribution >= 4 is 45.6 Å². The van der Waals surface area contributed by atoms with E-state index in [1.807, 2.05) is 60.0 Å². The third-order valence-corrected chi connectivity index (χ3v) is 9.33. The fourth-order valence-corrected chi connectivity index (χ4v) is 6.84. The van der Waals surface area contributed by atoms with E-state index in [0.29, 0.717) is 37.8 Å². The first kappa shape index (κ1) is 29.8. The number of aryl methyl sites for hydroxylation is 2. The minimum Gasteiger partial charge on any atom is -0.339 e. The summed E-state index contributed by atoms with van der Waals surface area (Å²) in [5.41, 5.74) is 6.93. The SMILES string of the molecule is Cc1cccc(Cn2c3ccccc3c3nnc(SCCCCC(=O)N4CCN(C(=O)c5ccccc5C)C(C)C4)nc32)c1. The van der Waals surface area contributed by atoms with Gasteiger partial charge in [-0.25, -0.2) is 4.98 Å². The molecule has 1 saturated heterocycles. The van der Waals surface area contributed by atoms with E-state index in [4.69, 9.17) is 4.98 Å². The van der Waals surface area contributed by atoms with Crippen LogP contribution < -0.4 is 0 Å². The van der Waals surface area contributed by atoms with Crippen LogP contribution in [0, 0.1) is 13.8 Å². The van der Waals surface area contributed by atoms with Crippen molar-refractivity contribution in [3.05, 3.63) is 95.1 Å². The molecule has 2 aromatic heterocycles. The zero-order valence-corrected chi connectivity index (χ0v) is 26.4. The van der Waals surface area contributed by atoms with E-state index in [0.717, 1.165) is 51.8 Å². The number of amides is 2. The first-order valence-corrected chi connectivity index (χ1v) is 16.3. The number of rotatable bonds is 9. The largest absolute Gasteiger partial charge is 0.339 e. The molecule has 1 fully saturated rings. The molecule has 0 spiro atoms. The van der Waals surface area contributed by atoms with Crippen molar-refractivity contribution in [2.24, 2.45) is 0 Å². The van der Waals surface area contributed by atoms with Crippen LogP contribution in [0.5, 0.6) is 0 Å². The Balaban J connectivity index is 1.02. The molecule has 1 aliphatic heterocycles. The average molecular weight is 607 g/mol. The number of nitrogens with zero attached hydrogens (tertiary/aromatic N) is 6. The van der Waals surface area contributed by atoms with E-state index in [9.17, 15) is 9.59 Å². The van der Waals surface area contributed by atoms with Crippen LogP contribution >= 0.6 is 11.8 Å². The van der Waals surface area contributed by atoms with Crippen molar-refractivity contribution in [1.29, 1.82) is 0 Å². The van der Waals surface area contributed by atoms with E-state index < -0.39 is 0 Å². The molecule has 6 rings (SSSR count). The van der Waals surface area contributed by atoms with Crippen molar-refractivity contribution in [3.8, 4) is 0 Å². The van der Waals surface area contributed by atoms with Gasteiger partial charge in [-0.2, -0.15) is 0 Å². The highest BCUT2D eigenvalue weighted by Gasteiger charge is 2.30. The van der Waals surface area contributed by atoms with E-state index in [1.165, 1.54) is 11.1 Å². The number of aromatic nitrogens is 4. The summed E-state index contributed by atoms with van der Waals surface area (Å²) in [4.78, 5) is 34.8. The van der Waals surface area contributed by atoms with Crippen LogP contribution in [-0.4, -0.2) is 72.8 Å². The van der Waals surface area contributed by atoms with Crippen LogP contribution in [0.4, 0.5) is 0 Å². The number of benzene rings is 3. The monoisotopic (exact) mass is 606 g/mol. The van der Waals surface area contributed by atoms with Crippen molar-refractivity contribution in [2.45, 2.75) is 57.8 Å². The summed E-state index contributed by atoms with van der Waals surface area (Å²) in [5, 5.41) is 10.7. The van der Waals surface area contributed by atoms with Gasteiger partial charge in [0.1, 0.15) is 5.52 Å². The van der Waals surface area contributed by atoms with Crippen LogP contribution in [0.15, 0.2) is 78.0 Å². The number of fused-ring (bicyclic) bond motifs is 3. The Bertz CT molecular complexity index is 1820. The Morgan fingerprint density at radius 1 is 0.932 bits per heavy atom. The summed E-state index contributed by atoms with van der Waals surface area (Å²) >= 11 is 1.59. The molecule has 1 atom stereocenters. The molecule has 9 heteroatoms. The van der Waals surface area contributed by atoms with Crippen molar-refractivity contribution < 1.29 is 9.59 Å². The molecule has 1 unspecified atom stereocenters. The van der Waals surface area contributed by atoms with Crippen LogP contribution in [0.2, 0.25) is 0 Å². The minimum absolute atomic E-state index is 0.0172. The fourth-order valence-electron chi connectivity index (χ4n) is 6.06. The minimum atomic E-state index is -0.0172. The number of carbonyl (C=O) groups excluding carboxylic acids is 2. The van der Waals surface area contributed by atoms with Crippen LogP contribution in [0.3, 0.4) is 0 Å². The van der Waals surface area contributed by atoms with Gasteiger partial charge in [-0.05, 0) is 56.9 Å². The molecule has 0 N–H and O–H groups in total. The first-order valence-electron chi connectivity index (χ1n) is 15.3. The molecule has 8 nitrogen and oxygen atoms in total. The van der Waals surface area contributed by atoms with Gasteiger partial charge in [0.25, 0.3) is 5.91 Å². The number of carbonyl (C=O) groups is 2. The highest BCUT2D eigenvalue weighted by Crippen LogP contribution is 2.28. The molecule has 226 valence electrons. The topological polar surface area (TPSA) is 84.2 Å². The molecule has 3 aromatic carbocycles. The van der Waals surface area contributed by atoms with Gasteiger partial charge < -0.3 is 14.4 Å². The number of piperazine rings is 1. The molecule has 5 aromatic rings. The van der Waals surface area contributed by atoms with Gasteiger partial charge in [-0.1, -0.05) is 78.0 Å². The first-order chi connectivity index (χ1) is 21.4. The molecule has 2 amide bonds. The van der Waals surface area contributed by atoms with Gasteiger partial charge in [0.15, 0.2) is 5.65 Å². The molecule has 0 saturated carbocycles. The Labute approximate surface area is 262 Å². The van der Waals surface area contributed by atoms with E-state index in [1.54, 1.807) is 11.8 Å². The lowest BCUT2D eigenvalue weighted by Gasteiger charge is -2.40. The molecule has 0 aliphatic carbocycles. The second-order valence-electron chi connectivity index (χ2n) is 11.7. The maximum Gasteiger partial charge on any atom is 0.254 e. The van der Waals surface area contributed by atoms with Crippen LogP contribution in [-0.2, 0) is 11.3 Å². The Morgan fingerprint density at radius 3 is 2.57 bits per heavy atom. The maximum atomic E-state index is 13.1. The summed E-state index contributed by atoms with van der Waals surface area (Å²) in [6, 6.07) is 24.5. The van der Waals surface area contributed by atoms with Gasteiger partial charge in [-0.3, -0.25) is 9.59 Å². The molecule has 1 aliphatic rings. The fraction of sp³-hybridized carbons (Fsp3) is 0.343. The van der Waals surface area contributed by atoms with Gasteiger partial charge in [-0.15, -0.1) is 10.2 Å². The Kier molecular flexibility index (Phi) is 8.93. The summed E-state index contributed by atoms with van der Waals surface area (Å²) < 4.78 is 2.23. The molecular formula is C35H38N6O2S. The number of hydrogen-bond acceptors (Lipinski definition) is 6. The van der Waals surface area contributed by atoms with Gasteiger partial charge in [0, 0.05) is 55.3 Å². The normalized spacial score (nSPS) is 15.3. The predicted octanol–water partition coefficient (Wildman–Crippen LogP) is 6.28. The second kappa shape index (κ2) is 13.2. The zero-order chi connectivity index (χ0) is 30.6. The second-order valence-corrected chi connectivity index (χ2v) is 12.7. The number of thioether (sulfide) groups is 1. The molecule has 0 bridgehead atoms. The summed E-state index contributed by atoms with van der Waals surface area (Å²) in [6.45, 7) is 8.51. The van der Waals surface area contributed by atoms with E-state index in [2.05, 4.69) is 58.1 Å². The van der Waals surface area contributed by atoms with Crippen molar-refractivity contribution in [3.63, 3.8) is 0 Å². The highest BCUT2D eigenvalue weighted by atomic mass is 32.2.